The van der Waals surface area contributed by atoms with Gasteiger partial charge in [-0.05, 0) is 12.8 Å². The first-order valence-electron chi connectivity index (χ1n) is 5.47. The molecule has 0 radical (unpaired) electrons. The van der Waals surface area contributed by atoms with Gasteiger partial charge in [0.05, 0.1) is 0 Å². The van der Waals surface area contributed by atoms with Crippen LogP contribution in [0.1, 0.15) is 46.5 Å². The van der Waals surface area contributed by atoms with Crippen molar-refractivity contribution >= 4 is 5.91 Å². The van der Waals surface area contributed by atoms with E-state index in [2.05, 4.69) is 0 Å². The molecule has 0 aromatic carbocycles. The minimum absolute atomic E-state index is 0.252. The summed E-state index contributed by atoms with van der Waals surface area (Å²) in [6, 6.07) is 0. The Bertz CT molecular complexity index is 175. The summed E-state index contributed by atoms with van der Waals surface area (Å²) in [5.41, 5.74) is 0.575. The summed E-state index contributed by atoms with van der Waals surface area (Å²) in [7, 11) is 0. The number of hydrogen-bond donors (Lipinski definition) is 0. The van der Waals surface area contributed by atoms with Crippen LogP contribution in [0.5, 0.6) is 0 Å². The fraction of sp³-hybridized carbons (Fsp3) is 0.909. The maximum Gasteiger partial charge on any atom is 0.219 e. The highest BCUT2D eigenvalue weighted by molar-refractivity contribution is 5.74. The summed E-state index contributed by atoms with van der Waals surface area (Å²) >= 11 is 0. The standard InChI is InChI=1S/C9H15NO.C2H6/c1-8(11)10-6-9(7-10)4-2-3-5-9;1-2/h2-7H2,1H3;1-2H3. The van der Waals surface area contributed by atoms with Crippen molar-refractivity contribution in [1.29, 1.82) is 0 Å². The van der Waals surface area contributed by atoms with Gasteiger partial charge in [0.25, 0.3) is 0 Å². The average molecular weight is 183 g/mol. The normalized spacial score (nSPS) is 23.5. The fourth-order valence-electron chi connectivity index (χ4n) is 2.43. The van der Waals surface area contributed by atoms with Crippen molar-refractivity contribution in [1.82, 2.24) is 4.90 Å². The number of carbonyl (C=O) groups excluding carboxylic acids is 1. The Morgan fingerprint density at radius 3 is 2.00 bits per heavy atom. The van der Waals surface area contributed by atoms with Crippen LogP contribution < -0.4 is 0 Å². The molecule has 1 spiro atoms. The highest BCUT2D eigenvalue weighted by atomic mass is 16.2. The third-order valence-electron chi connectivity index (χ3n) is 3.16. The molecule has 1 aliphatic carbocycles. The summed E-state index contributed by atoms with van der Waals surface area (Å²) in [5.74, 6) is 0.252. The molecular weight excluding hydrogens is 162 g/mol. The molecule has 2 nitrogen and oxygen atoms in total. The van der Waals surface area contributed by atoms with Crippen LogP contribution in [-0.2, 0) is 4.79 Å². The van der Waals surface area contributed by atoms with Gasteiger partial charge in [-0.15, -0.1) is 0 Å². The third kappa shape index (κ3) is 2.04. The number of hydrogen-bond acceptors (Lipinski definition) is 1. The zero-order chi connectivity index (χ0) is 9.90. The van der Waals surface area contributed by atoms with E-state index in [1.54, 1.807) is 6.92 Å². The second kappa shape index (κ2) is 4.12. The number of nitrogens with zero attached hydrogens (tertiary/aromatic N) is 1. The average Bonchev–Trinajstić information content (AvgIpc) is 2.53. The van der Waals surface area contributed by atoms with Crippen molar-refractivity contribution in [3.05, 3.63) is 0 Å². The van der Waals surface area contributed by atoms with E-state index in [0.29, 0.717) is 5.41 Å². The van der Waals surface area contributed by atoms with Gasteiger partial charge in [-0.3, -0.25) is 4.79 Å². The SMILES string of the molecule is CC.CC(=O)N1CC2(CCCC2)C1. The number of rotatable bonds is 0. The van der Waals surface area contributed by atoms with Crippen LogP contribution in [0.2, 0.25) is 0 Å². The molecule has 2 heteroatoms. The second-order valence-corrected chi connectivity index (χ2v) is 4.08. The molecule has 0 unspecified atom stereocenters. The lowest BCUT2D eigenvalue weighted by Crippen LogP contribution is -2.56. The van der Waals surface area contributed by atoms with Crippen molar-refractivity contribution < 1.29 is 4.79 Å². The zero-order valence-electron chi connectivity index (χ0n) is 9.10. The smallest absolute Gasteiger partial charge is 0.219 e. The van der Waals surface area contributed by atoms with Gasteiger partial charge in [0.15, 0.2) is 0 Å². The Hall–Kier alpha value is -0.530. The molecule has 0 aromatic heterocycles. The molecule has 1 aliphatic heterocycles. The molecule has 1 heterocycles. The quantitative estimate of drug-likeness (QED) is 0.565. The van der Waals surface area contributed by atoms with Crippen molar-refractivity contribution in [2.24, 2.45) is 5.41 Å². The number of amides is 1. The Morgan fingerprint density at radius 2 is 1.62 bits per heavy atom. The van der Waals surface area contributed by atoms with Crippen LogP contribution in [0.4, 0.5) is 0 Å². The first kappa shape index (κ1) is 10.6. The van der Waals surface area contributed by atoms with E-state index in [1.807, 2.05) is 18.7 Å². The topological polar surface area (TPSA) is 20.3 Å². The predicted octanol–water partition coefficient (Wildman–Crippen LogP) is 2.44. The minimum atomic E-state index is 0.252. The maximum atomic E-state index is 10.9. The van der Waals surface area contributed by atoms with E-state index in [0.717, 1.165) is 13.1 Å². The molecule has 0 N–H and O–H groups in total. The van der Waals surface area contributed by atoms with Crippen LogP contribution in [0, 0.1) is 5.41 Å². The van der Waals surface area contributed by atoms with Crippen LogP contribution in [0.15, 0.2) is 0 Å². The lowest BCUT2D eigenvalue weighted by Gasteiger charge is -2.47. The monoisotopic (exact) mass is 183 g/mol. The number of carbonyl (C=O) groups is 1. The molecule has 13 heavy (non-hydrogen) atoms. The molecule has 1 saturated heterocycles. The highest BCUT2D eigenvalue weighted by Gasteiger charge is 2.45. The summed E-state index contributed by atoms with van der Waals surface area (Å²) in [6.07, 6.45) is 5.48. The van der Waals surface area contributed by atoms with E-state index < -0.39 is 0 Å². The summed E-state index contributed by atoms with van der Waals surface area (Å²) in [5, 5.41) is 0. The summed E-state index contributed by atoms with van der Waals surface area (Å²) in [4.78, 5) is 12.9. The summed E-state index contributed by atoms with van der Waals surface area (Å²) in [6.45, 7) is 7.76. The third-order valence-corrected chi connectivity index (χ3v) is 3.16. The predicted molar refractivity (Wildman–Crippen MR) is 54.5 cm³/mol. The van der Waals surface area contributed by atoms with Crippen molar-refractivity contribution in [3.8, 4) is 0 Å². The van der Waals surface area contributed by atoms with Gasteiger partial charge in [-0.25, -0.2) is 0 Å². The first-order chi connectivity index (χ1) is 6.22. The second-order valence-electron chi connectivity index (χ2n) is 4.08. The van der Waals surface area contributed by atoms with Gasteiger partial charge in [0, 0.05) is 25.4 Å². The maximum absolute atomic E-state index is 10.9. The zero-order valence-corrected chi connectivity index (χ0v) is 9.10. The molecular formula is C11H21NO. The van der Waals surface area contributed by atoms with E-state index in [4.69, 9.17) is 0 Å². The summed E-state index contributed by atoms with van der Waals surface area (Å²) < 4.78 is 0. The van der Waals surface area contributed by atoms with Gasteiger partial charge < -0.3 is 4.90 Å². The Kier molecular flexibility index (Phi) is 3.34. The van der Waals surface area contributed by atoms with E-state index in [-0.39, 0.29) is 5.91 Å². The molecule has 1 saturated carbocycles. The lowest BCUT2D eigenvalue weighted by molar-refractivity contribution is -0.140. The first-order valence-corrected chi connectivity index (χ1v) is 5.47. The largest absolute Gasteiger partial charge is 0.342 e. The fourth-order valence-corrected chi connectivity index (χ4v) is 2.43. The van der Waals surface area contributed by atoms with Crippen LogP contribution in [0.3, 0.4) is 0 Å². The van der Waals surface area contributed by atoms with Crippen molar-refractivity contribution in [2.45, 2.75) is 46.5 Å². The molecule has 2 rings (SSSR count). The van der Waals surface area contributed by atoms with Crippen LogP contribution in [-0.4, -0.2) is 23.9 Å². The lowest BCUT2D eigenvalue weighted by atomic mass is 9.78. The van der Waals surface area contributed by atoms with Gasteiger partial charge in [0.1, 0.15) is 0 Å². The molecule has 0 bridgehead atoms. The molecule has 0 atom stereocenters. The van der Waals surface area contributed by atoms with Gasteiger partial charge in [-0.1, -0.05) is 26.7 Å². The molecule has 76 valence electrons. The Labute approximate surface area is 81.3 Å². The molecule has 0 aromatic rings. The molecule has 2 aliphatic rings. The highest BCUT2D eigenvalue weighted by Crippen LogP contribution is 2.45. The Balaban J connectivity index is 0.000000396. The van der Waals surface area contributed by atoms with E-state index in [9.17, 15) is 4.79 Å². The van der Waals surface area contributed by atoms with E-state index in [1.165, 1.54) is 25.7 Å². The molecule has 2 fully saturated rings. The number of likely N-dealkylation sites (tertiary alicyclic amines) is 1. The minimum Gasteiger partial charge on any atom is -0.342 e. The van der Waals surface area contributed by atoms with Gasteiger partial charge in [0.2, 0.25) is 5.91 Å². The molecule has 1 amide bonds. The van der Waals surface area contributed by atoms with Gasteiger partial charge >= 0.3 is 0 Å². The van der Waals surface area contributed by atoms with Crippen molar-refractivity contribution in [2.75, 3.05) is 13.1 Å². The van der Waals surface area contributed by atoms with Crippen LogP contribution in [0.25, 0.3) is 0 Å². The Morgan fingerprint density at radius 1 is 1.15 bits per heavy atom. The van der Waals surface area contributed by atoms with E-state index >= 15 is 0 Å². The van der Waals surface area contributed by atoms with Crippen molar-refractivity contribution in [3.63, 3.8) is 0 Å². The van der Waals surface area contributed by atoms with Crippen LogP contribution >= 0.6 is 0 Å². The van der Waals surface area contributed by atoms with Gasteiger partial charge in [-0.2, -0.15) is 0 Å².